The first kappa shape index (κ1) is 18.4. The molecule has 0 saturated heterocycles. The fourth-order valence-corrected chi connectivity index (χ4v) is 2.75. The molecule has 2 unspecified atom stereocenters. The highest BCUT2D eigenvalue weighted by molar-refractivity contribution is 5.95. The number of carbonyl (C=O) groups excluding carboxylic acids is 2. The molecule has 0 aliphatic heterocycles. The Bertz CT molecular complexity index is 864. The molecule has 2 atom stereocenters. The summed E-state index contributed by atoms with van der Waals surface area (Å²) in [6.07, 6.45) is 5.16. The molecule has 2 N–H and O–H groups in total. The Hall–Kier alpha value is -3.41. The maximum atomic E-state index is 12.9. The molecular formula is C21H21N3O3. The molecule has 3 rings (SSSR count). The van der Waals surface area contributed by atoms with E-state index in [2.05, 4.69) is 15.6 Å². The zero-order valence-corrected chi connectivity index (χ0v) is 15.0. The van der Waals surface area contributed by atoms with Crippen LogP contribution in [0.5, 0.6) is 0 Å². The molecule has 27 heavy (non-hydrogen) atoms. The van der Waals surface area contributed by atoms with Gasteiger partial charge in [-0.15, -0.1) is 0 Å². The summed E-state index contributed by atoms with van der Waals surface area (Å²) >= 11 is 0. The van der Waals surface area contributed by atoms with Crippen LogP contribution in [-0.2, 0) is 11.2 Å². The molecule has 0 fully saturated rings. The van der Waals surface area contributed by atoms with Crippen LogP contribution in [-0.4, -0.2) is 22.8 Å². The number of furan rings is 1. The van der Waals surface area contributed by atoms with E-state index in [4.69, 9.17) is 4.42 Å². The Morgan fingerprint density at radius 2 is 1.74 bits per heavy atom. The lowest BCUT2D eigenvalue weighted by Gasteiger charge is -2.21. The molecule has 0 spiro atoms. The van der Waals surface area contributed by atoms with Gasteiger partial charge in [0.1, 0.15) is 6.04 Å². The van der Waals surface area contributed by atoms with Crippen LogP contribution in [0, 0.1) is 0 Å². The van der Waals surface area contributed by atoms with Crippen molar-refractivity contribution in [2.24, 2.45) is 0 Å². The number of carbonyl (C=O) groups is 2. The number of hydrogen-bond donors (Lipinski definition) is 2. The molecule has 0 aliphatic carbocycles. The van der Waals surface area contributed by atoms with Crippen molar-refractivity contribution in [2.75, 3.05) is 0 Å². The number of amides is 2. The number of nitrogens with one attached hydrogen (secondary N) is 2. The standard InChI is InChI=1S/C21H21N3O3/c1-15(17-9-11-22-12-10-17)23-20(25)18(14-16-6-3-2-4-7-16)24-21(26)19-8-5-13-27-19/h2-13,15,18H,14H2,1H3,(H,23,25)(H,24,26). The number of rotatable bonds is 7. The highest BCUT2D eigenvalue weighted by atomic mass is 16.3. The van der Waals surface area contributed by atoms with Crippen molar-refractivity contribution >= 4 is 11.8 Å². The van der Waals surface area contributed by atoms with Gasteiger partial charge >= 0.3 is 0 Å². The van der Waals surface area contributed by atoms with Gasteiger partial charge in [-0.2, -0.15) is 0 Å². The van der Waals surface area contributed by atoms with Gasteiger partial charge in [-0.25, -0.2) is 0 Å². The fourth-order valence-electron chi connectivity index (χ4n) is 2.75. The monoisotopic (exact) mass is 363 g/mol. The van der Waals surface area contributed by atoms with Crippen LogP contribution in [0.3, 0.4) is 0 Å². The summed E-state index contributed by atoms with van der Waals surface area (Å²) in [6.45, 7) is 1.89. The van der Waals surface area contributed by atoms with Gasteiger partial charge in [0.15, 0.2) is 5.76 Å². The average molecular weight is 363 g/mol. The van der Waals surface area contributed by atoms with Crippen LogP contribution in [0.4, 0.5) is 0 Å². The fraction of sp³-hybridized carbons (Fsp3) is 0.190. The number of hydrogen-bond acceptors (Lipinski definition) is 4. The quantitative estimate of drug-likeness (QED) is 0.676. The van der Waals surface area contributed by atoms with E-state index in [0.29, 0.717) is 6.42 Å². The van der Waals surface area contributed by atoms with Crippen molar-refractivity contribution in [3.8, 4) is 0 Å². The van der Waals surface area contributed by atoms with Crippen LogP contribution in [0.1, 0.15) is 34.6 Å². The first-order valence-electron chi connectivity index (χ1n) is 8.72. The Morgan fingerprint density at radius 3 is 2.41 bits per heavy atom. The molecule has 0 saturated carbocycles. The van der Waals surface area contributed by atoms with Gasteiger partial charge in [0.05, 0.1) is 12.3 Å². The molecule has 0 radical (unpaired) electrons. The summed E-state index contributed by atoms with van der Waals surface area (Å²) in [7, 11) is 0. The van der Waals surface area contributed by atoms with E-state index in [1.807, 2.05) is 49.4 Å². The van der Waals surface area contributed by atoms with Gasteiger partial charge in [0.25, 0.3) is 5.91 Å². The lowest BCUT2D eigenvalue weighted by atomic mass is 10.0. The van der Waals surface area contributed by atoms with Crippen LogP contribution in [0.15, 0.2) is 77.7 Å². The smallest absolute Gasteiger partial charge is 0.287 e. The molecule has 0 aliphatic rings. The minimum absolute atomic E-state index is 0.169. The van der Waals surface area contributed by atoms with Crippen molar-refractivity contribution in [1.29, 1.82) is 0 Å². The second kappa shape index (κ2) is 8.80. The van der Waals surface area contributed by atoms with Crippen LogP contribution in [0.25, 0.3) is 0 Å². The third-order valence-corrected chi connectivity index (χ3v) is 4.21. The van der Waals surface area contributed by atoms with Gasteiger partial charge in [0, 0.05) is 18.8 Å². The Labute approximate surface area is 157 Å². The topological polar surface area (TPSA) is 84.2 Å². The van der Waals surface area contributed by atoms with E-state index in [0.717, 1.165) is 11.1 Å². The summed E-state index contributed by atoms with van der Waals surface area (Å²) in [5, 5.41) is 5.72. The third-order valence-electron chi connectivity index (χ3n) is 4.21. The second-order valence-corrected chi connectivity index (χ2v) is 6.20. The summed E-state index contributed by atoms with van der Waals surface area (Å²) in [4.78, 5) is 29.2. The lowest BCUT2D eigenvalue weighted by Crippen LogP contribution is -2.48. The van der Waals surface area contributed by atoms with Crippen LogP contribution in [0.2, 0.25) is 0 Å². The van der Waals surface area contributed by atoms with Gasteiger partial charge < -0.3 is 15.1 Å². The van der Waals surface area contributed by atoms with Crippen molar-refractivity contribution < 1.29 is 14.0 Å². The normalized spacial score (nSPS) is 12.8. The van der Waals surface area contributed by atoms with E-state index >= 15 is 0 Å². The van der Waals surface area contributed by atoms with Crippen molar-refractivity contribution in [2.45, 2.75) is 25.4 Å². The first-order valence-corrected chi connectivity index (χ1v) is 8.72. The molecule has 6 nitrogen and oxygen atoms in total. The van der Waals surface area contributed by atoms with Crippen molar-refractivity contribution in [1.82, 2.24) is 15.6 Å². The maximum Gasteiger partial charge on any atom is 0.287 e. The van der Waals surface area contributed by atoms with E-state index in [-0.39, 0.29) is 17.7 Å². The predicted molar refractivity (Wildman–Crippen MR) is 101 cm³/mol. The molecule has 2 amide bonds. The van der Waals surface area contributed by atoms with Gasteiger partial charge in [-0.1, -0.05) is 30.3 Å². The molecule has 138 valence electrons. The van der Waals surface area contributed by atoms with Crippen LogP contribution >= 0.6 is 0 Å². The maximum absolute atomic E-state index is 12.9. The summed E-state index contributed by atoms with van der Waals surface area (Å²) in [5.74, 6) is -0.515. The summed E-state index contributed by atoms with van der Waals surface area (Å²) < 4.78 is 5.13. The number of aromatic nitrogens is 1. The molecule has 2 aromatic heterocycles. The van der Waals surface area contributed by atoms with Crippen molar-refractivity contribution in [3.63, 3.8) is 0 Å². The number of nitrogens with zero attached hydrogens (tertiary/aromatic N) is 1. The van der Waals surface area contributed by atoms with Crippen LogP contribution < -0.4 is 10.6 Å². The second-order valence-electron chi connectivity index (χ2n) is 6.20. The minimum atomic E-state index is -0.728. The molecule has 3 aromatic rings. The Balaban J connectivity index is 1.73. The summed E-state index contributed by atoms with van der Waals surface area (Å²) in [6, 6.07) is 15.5. The highest BCUT2D eigenvalue weighted by Gasteiger charge is 2.24. The van der Waals surface area contributed by atoms with E-state index in [1.165, 1.54) is 6.26 Å². The zero-order chi connectivity index (χ0) is 19.1. The van der Waals surface area contributed by atoms with Gasteiger partial charge in [-0.05, 0) is 42.3 Å². The number of pyridine rings is 1. The molecule has 6 heteroatoms. The number of benzene rings is 1. The van der Waals surface area contributed by atoms with E-state index in [9.17, 15) is 9.59 Å². The SMILES string of the molecule is CC(NC(=O)C(Cc1ccccc1)NC(=O)c1ccco1)c1ccncc1. The molecule has 0 bridgehead atoms. The largest absolute Gasteiger partial charge is 0.459 e. The zero-order valence-electron chi connectivity index (χ0n) is 15.0. The summed E-state index contributed by atoms with van der Waals surface area (Å²) in [5.41, 5.74) is 1.89. The van der Waals surface area contributed by atoms with Gasteiger partial charge in [0.2, 0.25) is 5.91 Å². The average Bonchev–Trinajstić information content (AvgIpc) is 3.24. The Morgan fingerprint density at radius 1 is 1.00 bits per heavy atom. The Kier molecular flexibility index (Phi) is 5.99. The third kappa shape index (κ3) is 5.04. The van der Waals surface area contributed by atoms with Gasteiger partial charge in [-0.3, -0.25) is 14.6 Å². The molecule has 2 heterocycles. The first-order chi connectivity index (χ1) is 13.1. The van der Waals surface area contributed by atoms with E-state index in [1.54, 1.807) is 24.5 Å². The lowest BCUT2D eigenvalue weighted by molar-refractivity contribution is -0.123. The minimum Gasteiger partial charge on any atom is -0.459 e. The van der Waals surface area contributed by atoms with Crippen molar-refractivity contribution in [3.05, 3.63) is 90.1 Å². The highest BCUT2D eigenvalue weighted by Crippen LogP contribution is 2.12. The van der Waals surface area contributed by atoms with E-state index < -0.39 is 11.9 Å². The molecular weight excluding hydrogens is 342 g/mol. The predicted octanol–water partition coefficient (Wildman–Crippen LogP) is 2.89. The molecule has 1 aromatic carbocycles.